The van der Waals surface area contributed by atoms with Crippen molar-refractivity contribution in [2.24, 2.45) is 14.1 Å². The molecule has 0 aliphatic carbocycles. The number of likely N-dealkylation sites (tertiary alicyclic amines) is 1. The number of nitrogens with zero attached hydrogens (tertiary/aromatic N) is 4. The highest BCUT2D eigenvalue weighted by Crippen LogP contribution is 2.30. The van der Waals surface area contributed by atoms with Crippen molar-refractivity contribution in [1.29, 1.82) is 0 Å². The van der Waals surface area contributed by atoms with Crippen molar-refractivity contribution in [2.75, 3.05) is 13.2 Å². The summed E-state index contributed by atoms with van der Waals surface area (Å²) < 4.78 is 9.72. The van der Waals surface area contributed by atoms with Crippen LogP contribution in [0.3, 0.4) is 0 Å². The van der Waals surface area contributed by atoms with Crippen molar-refractivity contribution in [2.45, 2.75) is 37.6 Å². The zero-order chi connectivity index (χ0) is 17.4. The number of hydrogen-bond acceptors (Lipinski definition) is 4. The van der Waals surface area contributed by atoms with Crippen LogP contribution in [0.25, 0.3) is 0 Å². The monoisotopic (exact) mass is 343 g/mol. The van der Waals surface area contributed by atoms with Crippen LogP contribution in [0.4, 0.5) is 0 Å². The van der Waals surface area contributed by atoms with Gasteiger partial charge in [-0.15, -0.1) is 0 Å². The van der Waals surface area contributed by atoms with Crippen LogP contribution in [0.1, 0.15) is 28.9 Å². The SMILES string of the molecule is Cn1cc(CN2C[C@@H](NC(=O)c3cccn3C)[C@@H]3OCCC[C@@H]32)cn1. The third kappa shape index (κ3) is 3.21. The molecule has 7 nitrogen and oxygen atoms in total. The fourth-order valence-corrected chi connectivity index (χ4v) is 4.09. The zero-order valence-corrected chi connectivity index (χ0v) is 14.8. The van der Waals surface area contributed by atoms with Gasteiger partial charge < -0.3 is 14.6 Å². The normalized spacial score (nSPS) is 26.6. The average molecular weight is 343 g/mol. The molecule has 2 saturated heterocycles. The molecule has 0 saturated carbocycles. The Balaban J connectivity index is 1.48. The summed E-state index contributed by atoms with van der Waals surface area (Å²) in [5.41, 5.74) is 1.87. The summed E-state index contributed by atoms with van der Waals surface area (Å²) in [7, 11) is 3.82. The molecule has 25 heavy (non-hydrogen) atoms. The average Bonchev–Trinajstić information content (AvgIpc) is 3.29. The van der Waals surface area contributed by atoms with Crippen LogP contribution in [-0.2, 0) is 25.4 Å². The molecule has 4 heterocycles. The number of fused-ring (bicyclic) bond motifs is 1. The molecule has 3 atom stereocenters. The minimum atomic E-state index is -0.0337. The molecule has 134 valence electrons. The van der Waals surface area contributed by atoms with Crippen molar-refractivity contribution in [3.63, 3.8) is 0 Å². The number of rotatable bonds is 4. The van der Waals surface area contributed by atoms with E-state index in [1.54, 1.807) is 0 Å². The van der Waals surface area contributed by atoms with E-state index < -0.39 is 0 Å². The van der Waals surface area contributed by atoms with Crippen LogP contribution in [0, 0.1) is 0 Å². The molecule has 2 aliphatic rings. The summed E-state index contributed by atoms with van der Waals surface area (Å²) in [6.07, 6.45) is 8.10. The molecule has 2 aromatic heterocycles. The molecule has 1 N–H and O–H groups in total. The highest BCUT2D eigenvalue weighted by atomic mass is 16.5. The Morgan fingerprint density at radius 1 is 1.44 bits per heavy atom. The highest BCUT2D eigenvalue weighted by Gasteiger charge is 2.44. The van der Waals surface area contributed by atoms with Gasteiger partial charge in [0.15, 0.2) is 0 Å². The van der Waals surface area contributed by atoms with Crippen molar-refractivity contribution < 1.29 is 9.53 Å². The van der Waals surface area contributed by atoms with E-state index in [1.807, 2.05) is 47.9 Å². The Kier molecular flexibility index (Phi) is 4.35. The molecule has 0 bridgehead atoms. The number of hydrogen-bond donors (Lipinski definition) is 1. The van der Waals surface area contributed by atoms with Gasteiger partial charge in [-0.05, 0) is 25.0 Å². The summed E-state index contributed by atoms with van der Waals surface area (Å²) in [6, 6.07) is 4.10. The van der Waals surface area contributed by atoms with Gasteiger partial charge in [0.05, 0.1) is 18.3 Å². The van der Waals surface area contributed by atoms with Crippen LogP contribution >= 0.6 is 0 Å². The minimum Gasteiger partial charge on any atom is -0.374 e. The van der Waals surface area contributed by atoms with Gasteiger partial charge in [0, 0.05) is 57.8 Å². The van der Waals surface area contributed by atoms with Gasteiger partial charge in [-0.1, -0.05) is 0 Å². The molecule has 0 radical (unpaired) electrons. The second-order valence-electron chi connectivity index (χ2n) is 7.08. The van der Waals surface area contributed by atoms with E-state index in [4.69, 9.17) is 4.74 Å². The van der Waals surface area contributed by atoms with Gasteiger partial charge in [-0.3, -0.25) is 14.4 Å². The zero-order valence-electron chi connectivity index (χ0n) is 14.8. The van der Waals surface area contributed by atoms with Gasteiger partial charge in [-0.25, -0.2) is 0 Å². The van der Waals surface area contributed by atoms with E-state index in [-0.39, 0.29) is 18.1 Å². The van der Waals surface area contributed by atoms with Crippen LogP contribution in [0.5, 0.6) is 0 Å². The van der Waals surface area contributed by atoms with Gasteiger partial charge in [0.25, 0.3) is 5.91 Å². The number of carbonyl (C=O) groups excluding carboxylic acids is 1. The van der Waals surface area contributed by atoms with E-state index in [0.29, 0.717) is 11.7 Å². The van der Waals surface area contributed by atoms with Crippen LogP contribution < -0.4 is 5.32 Å². The van der Waals surface area contributed by atoms with Crippen LogP contribution in [-0.4, -0.2) is 56.5 Å². The predicted molar refractivity (Wildman–Crippen MR) is 93.0 cm³/mol. The first kappa shape index (κ1) is 16.4. The number of ether oxygens (including phenoxy) is 1. The second kappa shape index (κ2) is 6.65. The van der Waals surface area contributed by atoms with Gasteiger partial charge in [0.2, 0.25) is 0 Å². The number of carbonyl (C=O) groups is 1. The van der Waals surface area contributed by atoms with Crippen LogP contribution in [0.15, 0.2) is 30.7 Å². The maximum atomic E-state index is 12.6. The fraction of sp³-hybridized carbons (Fsp3) is 0.556. The molecule has 0 aromatic carbocycles. The van der Waals surface area contributed by atoms with E-state index in [9.17, 15) is 4.79 Å². The van der Waals surface area contributed by atoms with Crippen molar-refractivity contribution in [1.82, 2.24) is 24.6 Å². The first-order valence-electron chi connectivity index (χ1n) is 8.87. The Morgan fingerprint density at radius 2 is 2.32 bits per heavy atom. The Morgan fingerprint density at radius 3 is 3.04 bits per heavy atom. The lowest BCUT2D eigenvalue weighted by molar-refractivity contribution is -0.0211. The summed E-state index contributed by atoms with van der Waals surface area (Å²) in [5, 5.41) is 7.45. The number of aromatic nitrogens is 3. The first-order valence-corrected chi connectivity index (χ1v) is 8.87. The third-order valence-corrected chi connectivity index (χ3v) is 5.27. The second-order valence-corrected chi connectivity index (χ2v) is 7.08. The van der Waals surface area contributed by atoms with Gasteiger partial charge in [0.1, 0.15) is 5.69 Å². The topological polar surface area (TPSA) is 64.3 Å². The molecular formula is C18H25N5O2. The van der Waals surface area contributed by atoms with Crippen molar-refractivity contribution >= 4 is 5.91 Å². The molecule has 1 amide bonds. The van der Waals surface area contributed by atoms with E-state index >= 15 is 0 Å². The number of aryl methyl sites for hydroxylation is 2. The molecule has 2 fully saturated rings. The summed E-state index contributed by atoms with van der Waals surface area (Å²) in [4.78, 5) is 15.0. The summed E-state index contributed by atoms with van der Waals surface area (Å²) in [6.45, 7) is 2.42. The molecule has 0 spiro atoms. The van der Waals surface area contributed by atoms with Gasteiger partial charge >= 0.3 is 0 Å². The van der Waals surface area contributed by atoms with E-state index in [0.717, 1.165) is 32.5 Å². The van der Waals surface area contributed by atoms with Crippen LogP contribution in [0.2, 0.25) is 0 Å². The maximum absolute atomic E-state index is 12.6. The molecule has 2 aliphatic heterocycles. The maximum Gasteiger partial charge on any atom is 0.268 e. The molecule has 7 heteroatoms. The predicted octanol–water partition coefficient (Wildman–Crippen LogP) is 0.920. The summed E-state index contributed by atoms with van der Waals surface area (Å²) >= 11 is 0. The lowest BCUT2D eigenvalue weighted by atomic mass is 10.0. The lowest BCUT2D eigenvalue weighted by Crippen LogP contribution is -2.47. The quantitative estimate of drug-likeness (QED) is 0.897. The molecular weight excluding hydrogens is 318 g/mol. The number of amides is 1. The Bertz CT molecular complexity index is 752. The molecule has 2 aromatic rings. The Hall–Kier alpha value is -2.12. The third-order valence-electron chi connectivity index (χ3n) is 5.27. The minimum absolute atomic E-state index is 0.0179. The highest BCUT2D eigenvalue weighted by molar-refractivity contribution is 5.93. The van der Waals surface area contributed by atoms with Crippen molar-refractivity contribution in [3.05, 3.63) is 42.0 Å². The smallest absolute Gasteiger partial charge is 0.268 e. The van der Waals surface area contributed by atoms with E-state index in [2.05, 4.69) is 21.5 Å². The van der Waals surface area contributed by atoms with Gasteiger partial charge in [-0.2, -0.15) is 5.10 Å². The molecule has 0 unspecified atom stereocenters. The standard InChI is InChI=1S/C18H25N5O2/c1-21-7-3-5-16(21)18(24)20-14-12-23(11-13-9-19-22(2)10-13)15-6-4-8-25-17(14)15/h3,5,7,9-10,14-15,17H,4,6,8,11-12H2,1-2H3,(H,20,24)/t14-,15+,17+/m1/s1. The Labute approximate surface area is 147 Å². The lowest BCUT2D eigenvalue weighted by Gasteiger charge is -2.32. The molecule has 4 rings (SSSR count). The first-order chi connectivity index (χ1) is 12.1. The largest absolute Gasteiger partial charge is 0.374 e. The van der Waals surface area contributed by atoms with E-state index in [1.165, 1.54) is 5.56 Å². The summed E-state index contributed by atoms with van der Waals surface area (Å²) in [5.74, 6) is -0.0337. The fourth-order valence-electron chi connectivity index (χ4n) is 4.09. The number of nitrogens with one attached hydrogen (secondary N) is 1. The van der Waals surface area contributed by atoms with Crippen molar-refractivity contribution in [3.8, 4) is 0 Å².